The third-order valence-corrected chi connectivity index (χ3v) is 4.45. The van der Waals surface area contributed by atoms with Gasteiger partial charge in [0.2, 0.25) is 0 Å². The molecule has 21 heavy (non-hydrogen) atoms. The summed E-state index contributed by atoms with van der Waals surface area (Å²) >= 11 is 5.62. The van der Waals surface area contributed by atoms with Crippen LogP contribution in [0.5, 0.6) is 0 Å². The molecule has 0 saturated carbocycles. The van der Waals surface area contributed by atoms with Gasteiger partial charge in [0.05, 0.1) is 15.6 Å². The second kappa shape index (κ2) is 5.01. The summed E-state index contributed by atoms with van der Waals surface area (Å²) in [5.41, 5.74) is 1.08. The highest BCUT2D eigenvalue weighted by Gasteiger charge is 2.16. The number of nitrogens with one attached hydrogen (secondary N) is 1. The number of rotatable bonds is 3. The largest absolute Gasteiger partial charge is 0.443 e. The fourth-order valence-electron chi connectivity index (χ4n) is 1.78. The van der Waals surface area contributed by atoms with Gasteiger partial charge in [0.15, 0.2) is 12.0 Å². The van der Waals surface area contributed by atoms with Gasteiger partial charge in [-0.1, -0.05) is 11.6 Å². The maximum absolute atomic E-state index is 13.1. The quantitative estimate of drug-likeness (QED) is 0.800. The Morgan fingerprint density at radius 3 is 2.76 bits per heavy atom. The van der Waals surface area contributed by atoms with E-state index >= 15 is 0 Å². The van der Waals surface area contributed by atoms with Crippen LogP contribution in [0, 0.1) is 5.82 Å². The van der Waals surface area contributed by atoms with Gasteiger partial charge in [-0.15, -0.1) is 0 Å². The average Bonchev–Trinajstić information content (AvgIpc) is 2.90. The molecule has 0 radical (unpaired) electrons. The van der Waals surface area contributed by atoms with Crippen molar-refractivity contribution in [3.8, 4) is 0 Å². The molecule has 1 N–H and O–H groups in total. The molecule has 0 aliphatic rings. The van der Waals surface area contributed by atoms with Crippen LogP contribution in [0.1, 0.15) is 0 Å². The Labute approximate surface area is 124 Å². The highest BCUT2D eigenvalue weighted by Crippen LogP contribution is 2.23. The zero-order valence-corrected chi connectivity index (χ0v) is 12.0. The number of benzene rings is 2. The molecule has 8 heteroatoms. The maximum atomic E-state index is 13.1. The molecule has 0 bridgehead atoms. The number of anilines is 1. The van der Waals surface area contributed by atoms with Gasteiger partial charge in [0.1, 0.15) is 11.3 Å². The van der Waals surface area contributed by atoms with Crippen molar-refractivity contribution in [1.82, 2.24) is 4.98 Å². The molecular formula is C13H8ClFN2O3S. The highest BCUT2D eigenvalue weighted by atomic mass is 35.5. The SMILES string of the molecule is O=S(=O)(Nc1ccc(F)c(Cl)c1)c1ccc2ncoc2c1. The molecule has 1 heterocycles. The minimum absolute atomic E-state index is 0.00666. The fraction of sp³-hybridized carbons (Fsp3) is 0. The van der Waals surface area contributed by atoms with Gasteiger partial charge < -0.3 is 4.42 Å². The van der Waals surface area contributed by atoms with Crippen molar-refractivity contribution in [2.24, 2.45) is 0 Å². The zero-order valence-electron chi connectivity index (χ0n) is 10.4. The lowest BCUT2D eigenvalue weighted by molar-refractivity contribution is 0.594. The van der Waals surface area contributed by atoms with Crippen molar-refractivity contribution in [1.29, 1.82) is 0 Å². The molecule has 0 saturated heterocycles. The van der Waals surface area contributed by atoms with Gasteiger partial charge >= 0.3 is 0 Å². The van der Waals surface area contributed by atoms with E-state index in [1.807, 2.05) is 0 Å². The molecule has 0 spiro atoms. The summed E-state index contributed by atoms with van der Waals surface area (Å²) in [4.78, 5) is 3.91. The Balaban J connectivity index is 1.97. The lowest BCUT2D eigenvalue weighted by atomic mass is 10.3. The number of hydrogen-bond donors (Lipinski definition) is 1. The van der Waals surface area contributed by atoms with E-state index in [1.54, 1.807) is 0 Å². The van der Waals surface area contributed by atoms with Gasteiger partial charge in [0.25, 0.3) is 10.0 Å². The van der Waals surface area contributed by atoms with Crippen LogP contribution in [0.2, 0.25) is 5.02 Å². The first kappa shape index (κ1) is 13.8. The van der Waals surface area contributed by atoms with E-state index in [9.17, 15) is 12.8 Å². The van der Waals surface area contributed by atoms with Crippen LogP contribution in [-0.4, -0.2) is 13.4 Å². The van der Waals surface area contributed by atoms with Crippen LogP contribution in [0.4, 0.5) is 10.1 Å². The summed E-state index contributed by atoms with van der Waals surface area (Å²) in [5, 5.41) is -0.166. The van der Waals surface area contributed by atoms with E-state index in [1.165, 1.54) is 36.7 Å². The predicted molar refractivity (Wildman–Crippen MR) is 76.2 cm³/mol. The van der Waals surface area contributed by atoms with Crippen molar-refractivity contribution in [2.45, 2.75) is 4.90 Å². The van der Waals surface area contributed by atoms with Crippen LogP contribution in [0.25, 0.3) is 11.1 Å². The third kappa shape index (κ3) is 2.70. The molecule has 0 unspecified atom stereocenters. The summed E-state index contributed by atoms with van der Waals surface area (Å²) in [5.74, 6) is -0.623. The number of hydrogen-bond acceptors (Lipinski definition) is 4. The first-order valence-corrected chi connectivity index (χ1v) is 7.63. The molecule has 2 aromatic carbocycles. The van der Waals surface area contributed by atoms with Crippen molar-refractivity contribution < 1.29 is 17.2 Å². The topological polar surface area (TPSA) is 72.2 Å². The van der Waals surface area contributed by atoms with Gasteiger partial charge in [-0.25, -0.2) is 17.8 Å². The normalized spacial score (nSPS) is 11.7. The van der Waals surface area contributed by atoms with E-state index in [0.717, 1.165) is 6.07 Å². The first-order chi connectivity index (χ1) is 9.95. The molecule has 1 aromatic heterocycles. The van der Waals surface area contributed by atoms with E-state index in [0.29, 0.717) is 11.1 Å². The van der Waals surface area contributed by atoms with Crippen molar-refractivity contribution in [3.05, 3.63) is 53.6 Å². The Hall–Kier alpha value is -2.12. The minimum Gasteiger partial charge on any atom is -0.443 e. The number of fused-ring (bicyclic) bond motifs is 1. The van der Waals surface area contributed by atoms with Crippen LogP contribution in [0.3, 0.4) is 0 Å². The van der Waals surface area contributed by atoms with Gasteiger partial charge in [-0.2, -0.15) is 0 Å². The van der Waals surface area contributed by atoms with Gasteiger partial charge in [-0.3, -0.25) is 4.72 Å². The molecular weight excluding hydrogens is 319 g/mol. The maximum Gasteiger partial charge on any atom is 0.262 e. The number of halogens is 2. The predicted octanol–water partition coefficient (Wildman–Crippen LogP) is 3.42. The van der Waals surface area contributed by atoms with Crippen LogP contribution >= 0.6 is 11.6 Å². The summed E-state index contributed by atoms with van der Waals surface area (Å²) in [6, 6.07) is 7.85. The Morgan fingerprint density at radius 2 is 2.00 bits per heavy atom. The molecule has 0 aliphatic heterocycles. The highest BCUT2D eigenvalue weighted by molar-refractivity contribution is 7.92. The molecule has 108 valence electrons. The summed E-state index contributed by atoms with van der Waals surface area (Å²) in [6.45, 7) is 0. The minimum atomic E-state index is -3.83. The smallest absolute Gasteiger partial charge is 0.262 e. The lowest BCUT2D eigenvalue weighted by Crippen LogP contribution is -2.12. The second-order valence-electron chi connectivity index (χ2n) is 4.22. The molecule has 0 amide bonds. The van der Waals surface area contributed by atoms with Crippen molar-refractivity contribution in [3.63, 3.8) is 0 Å². The van der Waals surface area contributed by atoms with E-state index in [2.05, 4.69) is 9.71 Å². The number of nitrogens with zero attached hydrogens (tertiary/aromatic N) is 1. The first-order valence-electron chi connectivity index (χ1n) is 5.77. The number of sulfonamides is 1. The van der Waals surface area contributed by atoms with Crippen LogP contribution in [-0.2, 0) is 10.0 Å². The Morgan fingerprint density at radius 1 is 1.19 bits per heavy atom. The summed E-state index contributed by atoms with van der Waals surface area (Å²) < 4.78 is 45.0. The molecule has 3 rings (SSSR count). The van der Waals surface area contributed by atoms with Crippen molar-refractivity contribution >= 4 is 38.4 Å². The van der Waals surface area contributed by atoms with Crippen LogP contribution in [0.15, 0.2) is 52.1 Å². The Bertz CT molecular complexity index is 924. The van der Waals surface area contributed by atoms with Crippen LogP contribution < -0.4 is 4.72 Å². The molecule has 0 atom stereocenters. The fourth-order valence-corrected chi connectivity index (χ4v) is 3.02. The number of oxazole rings is 1. The molecule has 5 nitrogen and oxygen atoms in total. The molecule has 3 aromatic rings. The van der Waals surface area contributed by atoms with Gasteiger partial charge in [-0.05, 0) is 30.3 Å². The van der Waals surface area contributed by atoms with Gasteiger partial charge in [0, 0.05) is 6.07 Å². The third-order valence-electron chi connectivity index (χ3n) is 2.78. The second-order valence-corrected chi connectivity index (χ2v) is 6.31. The van der Waals surface area contributed by atoms with E-state index < -0.39 is 15.8 Å². The summed E-state index contributed by atoms with van der Waals surface area (Å²) in [7, 11) is -3.83. The van der Waals surface area contributed by atoms with Crippen molar-refractivity contribution in [2.75, 3.05) is 4.72 Å². The van der Waals surface area contributed by atoms with E-state index in [4.69, 9.17) is 16.0 Å². The Kier molecular flexibility index (Phi) is 3.30. The van der Waals surface area contributed by atoms with E-state index in [-0.39, 0.29) is 15.6 Å². The number of aromatic nitrogens is 1. The monoisotopic (exact) mass is 326 g/mol. The zero-order chi connectivity index (χ0) is 15.0. The molecule has 0 aliphatic carbocycles. The average molecular weight is 327 g/mol. The molecule has 0 fully saturated rings. The lowest BCUT2D eigenvalue weighted by Gasteiger charge is -2.08. The standard InChI is InChI=1S/C13H8ClFN2O3S/c14-10-5-8(1-3-11(10)15)17-21(18,19)9-2-4-12-13(6-9)20-7-16-12/h1-7,17H. The summed E-state index contributed by atoms with van der Waals surface area (Å²) in [6.07, 6.45) is 1.23.